The van der Waals surface area contributed by atoms with Crippen LogP contribution in [0.2, 0.25) is 0 Å². The zero-order valence-electron chi connectivity index (χ0n) is 21.0. The first kappa shape index (κ1) is 22.8. The predicted molar refractivity (Wildman–Crippen MR) is 132 cm³/mol. The summed E-state index contributed by atoms with van der Waals surface area (Å²) >= 11 is 0. The molecule has 0 spiro atoms. The third-order valence-corrected chi connectivity index (χ3v) is 8.89. The summed E-state index contributed by atoms with van der Waals surface area (Å²) in [7, 11) is 2.07. The predicted octanol–water partition coefficient (Wildman–Crippen LogP) is 3.86. The van der Waals surface area contributed by atoms with Crippen molar-refractivity contribution in [3.63, 3.8) is 0 Å². The van der Waals surface area contributed by atoms with Crippen molar-refractivity contribution in [3.8, 4) is 11.5 Å². The molecule has 3 saturated carbocycles. The maximum absolute atomic E-state index is 12.4. The van der Waals surface area contributed by atoms with Gasteiger partial charge in [-0.15, -0.1) is 0 Å². The molecule has 3 aromatic rings. The average molecular weight is 475 g/mol. The minimum Gasteiger partial charge on any atom is -0.396 e. The molecular weight excluding hydrogens is 440 g/mol. The van der Waals surface area contributed by atoms with Crippen molar-refractivity contribution in [2.45, 2.75) is 57.0 Å². The maximum atomic E-state index is 12.4. The van der Waals surface area contributed by atoms with Gasteiger partial charge in [0.15, 0.2) is 5.82 Å². The Hall–Kier alpha value is -2.61. The van der Waals surface area contributed by atoms with Crippen molar-refractivity contribution in [2.24, 2.45) is 10.8 Å². The van der Waals surface area contributed by atoms with Crippen LogP contribution in [0.25, 0.3) is 11.5 Å². The number of benzene rings is 1. The molecule has 4 aliphatic rings. The lowest BCUT2D eigenvalue weighted by Crippen LogP contribution is -2.66. The van der Waals surface area contributed by atoms with Crippen molar-refractivity contribution < 1.29 is 14.7 Å². The Labute approximate surface area is 206 Å². The lowest BCUT2D eigenvalue weighted by Gasteiger charge is -2.68. The van der Waals surface area contributed by atoms with E-state index in [1.165, 1.54) is 5.56 Å². The Morgan fingerprint density at radius 3 is 2.37 bits per heavy atom. The highest BCUT2D eigenvalue weighted by molar-refractivity contribution is 5.55. The van der Waals surface area contributed by atoms with E-state index in [-0.39, 0.29) is 22.9 Å². The summed E-state index contributed by atoms with van der Waals surface area (Å²) in [5.41, 5.74) is 1.99. The van der Waals surface area contributed by atoms with Crippen LogP contribution < -0.4 is 0 Å². The summed E-state index contributed by atoms with van der Waals surface area (Å²) < 4.78 is 5.67. The highest BCUT2D eigenvalue weighted by atomic mass is 16.5. The zero-order chi connectivity index (χ0) is 24.6. The summed E-state index contributed by atoms with van der Waals surface area (Å²) in [6.07, 6.45) is 6.24. The first-order valence-electron chi connectivity index (χ1n) is 12.5. The summed E-state index contributed by atoms with van der Waals surface area (Å²) in [4.78, 5) is 11.4. The minimum atomic E-state index is -1.22. The Bertz CT molecular complexity index is 1240. The van der Waals surface area contributed by atoms with Gasteiger partial charge in [-0.05, 0) is 54.8 Å². The van der Waals surface area contributed by atoms with Crippen molar-refractivity contribution >= 4 is 0 Å². The SMILES string of the molecule is CC(C)c1ccc([C@](O)(c2cncc(-c3nc(C45CC(CO)(C4)C5)no3)c2)C2(C)CN(C)C2)cc1. The molecule has 7 rings (SSSR count). The van der Waals surface area contributed by atoms with E-state index in [1.807, 2.05) is 6.07 Å². The second-order valence-corrected chi connectivity index (χ2v) is 12.1. The molecule has 2 N–H and O–H groups in total. The number of likely N-dealkylation sites (tertiary alicyclic amines) is 1. The van der Waals surface area contributed by atoms with E-state index in [0.717, 1.165) is 49.3 Å². The molecule has 0 radical (unpaired) electrons. The van der Waals surface area contributed by atoms with Crippen LogP contribution in [0.5, 0.6) is 0 Å². The molecule has 4 fully saturated rings. The van der Waals surface area contributed by atoms with E-state index < -0.39 is 5.60 Å². The molecule has 3 heterocycles. The normalized spacial score (nSPS) is 28.7. The molecule has 2 aromatic heterocycles. The van der Waals surface area contributed by atoms with E-state index in [1.54, 1.807) is 12.4 Å². The zero-order valence-corrected chi connectivity index (χ0v) is 21.0. The van der Waals surface area contributed by atoms with Crippen molar-refractivity contribution in [1.82, 2.24) is 20.0 Å². The molecule has 1 atom stereocenters. The molecular formula is C28H34N4O3. The number of hydrogen-bond acceptors (Lipinski definition) is 7. The topological polar surface area (TPSA) is 95.5 Å². The van der Waals surface area contributed by atoms with Gasteiger partial charge in [0.05, 0.1) is 5.56 Å². The van der Waals surface area contributed by atoms with Gasteiger partial charge in [-0.1, -0.05) is 50.2 Å². The van der Waals surface area contributed by atoms with Crippen LogP contribution in [0.1, 0.15) is 68.5 Å². The summed E-state index contributed by atoms with van der Waals surface area (Å²) in [6.45, 7) is 8.27. The highest BCUT2D eigenvalue weighted by Gasteiger charge is 2.70. The second kappa shape index (κ2) is 7.45. The molecule has 1 saturated heterocycles. The number of hydrogen-bond donors (Lipinski definition) is 2. The fourth-order valence-electron chi connectivity index (χ4n) is 7.06. The fraction of sp³-hybridized carbons (Fsp3) is 0.536. The molecule has 7 nitrogen and oxygen atoms in total. The number of pyridine rings is 1. The van der Waals surface area contributed by atoms with Crippen LogP contribution in [-0.2, 0) is 11.0 Å². The van der Waals surface area contributed by atoms with Crippen LogP contribution in [0.3, 0.4) is 0 Å². The molecule has 0 unspecified atom stereocenters. The Morgan fingerprint density at radius 1 is 1.09 bits per heavy atom. The molecule has 0 amide bonds. The number of rotatable bonds is 7. The third kappa shape index (κ3) is 3.18. The third-order valence-electron chi connectivity index (χ3n) is 8.89. The molecule has 7 heteroatoms. The van der Waals surface area contributed by atoms with Crippen molar-refractivity contribution in [3.05, 3.63) is 65.2 Å². The van der Waals surface area contributed by atoms with Crippen LogP contribution >= 0.6 is 0 Å². The highest BCUT2D eigenvalue weighted by Crippen LogP contribution is 2.72. The molecule has 1 aliphatic heterocycles. The average Bonchev–Trinajstić information content (AvgIpc) is 3.26. The van der Waals surface area contributed by atoms with Crippen molar-refractivity contribution in [1.29, 1.82) is 0 Å². The van der Waals surface area contributed by atoms with Gasteiger partial charge in [0, 0.05) is 48.5 Å². The van der Waals surface area contributed by atoms with Crippen LogP contribution in [0.4, 0.5) is 0 Å². The van der Waals surface area contributed by atoms with E-state index >= 15 is 0 Å². The number of nitrogens with zero attached hydrogens (tertiary/aromatic N) is 4. The van der Waals surface area contributed by atoms with Gasteiger partial charge in [-0.3, -0.25) is 4.98 Å². The summed E-state index contributed by atoms with van der Waals surface area (Å²) in [5.74, 6) is 1.57. The maximum Gasteiger partial charge on any atom is 0.259 e. The monoisotopic (exact) mass is 474 g/mol. The number of aliphatic hydroxyl groups excluding tert-OH is 1. The Balaban J connectivity index is 1.36. The standard InChI is InChI=1S/C28H34N4O3/c1-18(2)19-5-7-21(8-6-19)28(34,25(3)15-32(4)16-25)22-9-20(10-29-11-22)23-30-24(31-35-23)27-12-26(13-27,14-27)17-33/h5-11,18,33-34H,12-17H2,1-4H3/t26?,27?,28-/m0/s1. The molecule has 3 aliphatic carbocycles. The minimum absolute atomic E-state index is 0.0432. The molecule has 184 valence electrons. The molecule has 35 heavy (non-hydrogen) atoms. The van der Waals surface area contributed by atoms with Gasteiger partial charge in [0.25, 0.3) is 5.89 Å². The number of aromatic nitrogens is 3. The second-order valence-electron chi connectivity index (χ2n) is 12.1. The number of aliphatic hydroxyl groups is 2. The summed E-state index contributed by atoms with van der Waals surface area (Å²) in [5, 5.41) is 26.3. The lowest BCUT2D eigenvalue weighted by atomic mass is 9.35. The van der Waals surface area contributed by atoms with Gasteiger partial charge in [-0.2, -0.15) is 4.98 Å². The van der Waals surface area contributed by atoms with Crippen LogP contribution in [0, 0.1) is 10.8 Å². The van der Waals surface area contributed by atoms with Crippen LogP contribution in [-0.4, -0.2) is 57.0 Å². The van der Waals surface area contributed by atoms with Gasteiger partial charge < -0.3 is 19.6 Å². The summed E-state index contributed by atoms with van der Waals surface area (Å²) in [6, 6.07) is 10.3. The van der Waals surface area contributed by atoms with Gasteiger partial charge >= 0.3 is 0 Å². The smallest absolute Gasteiger partial charge is 0.259 e. The van der Waals surface area contributed by atoms with Crippen molar-refractivity contribution in [2.75, 3.05) is 26.7 Å². The van der Waals surface area contributed by atoms with E-state index in [9.17, 15) is 10.2 Å². The van der Waals surface area contributed by atoms with E-state index in [2.05, 4.69) is 67.1 Å². The first-order chi connectivity index (χ1) is 16.6. The quantitative estimate of drug-likeness (QED) is 0.537. The first-order valence-corrected chi connectivity index (χ1v) is 12.5. The Kier molecular flexibility index (Phi) is 4.86. The Morgan fingerprint density at radius 2 is 1.77 bits per heavy atom. The van der Waals surface area contributed by atoms with Gasteiger partial charge in [0.1, 0.15) is 5.60 Å². The molecule has 2 bridgehead atoms. The largest absolute Gasteiger partial charge is 0.396 e. The lowest BCUT2D eigenvalue weighted by molar-refractivity contribution is -0.172. The van der Waals surface area contributed by atoms with Gasteiger partial charge in [0.2, 0.25) is 0 Å². The molecule has 1 aromatic carbocycles. The van der Waals surface area contributed by atoms with Crippen LogP contribution in [0.15, 0.2) is 47.2 Å². The van der Waals surface area contributed by atoms with Gasteiger partial charge in [-0.25, -0.2) is 0 Å². The van der Waals surface area contributed by atoms with E-state index in [4.69, 9.17) is 9.51 Å². The van der Waals surface area contributed by atoms with E-state index in [0.29, 0.717) is 17.4 Å². The fourth-order valence-corrected chi connectivity index (χ4v) is 7.06.